The van der Waals surface area contributed by atoms with Crippen molar-refractivity contribution in [2.24, 2.45) is 5.92 Å². The first kappa shape index (κ1) is 13.0. The quantitative estimate of drug-likeness (QED) is 0.670. The molecule has 0 amide bonds. The SMILES string of the molecule is CCOC(=O)C1CCN(c2ccnc(=S)[nH]2)CC1. The van der Waals surface area contributed by atoms with Gasteiger partial charge in [0.25, 0.3) is 0 Å². The van der Waals surface area contributed by atoms with Gasteiger partial charge in [0, 0.05) is 19.3 Å². The fourth-order valence-electron chi connectivity index (χ4n) is 2.16. The zero-order valence-corrected chi connectivity index (χ0v) is 11.2. The van der Waals surface area contributed by atoms with E-state index >= 15 is 0 Å². The van der Waals surface area contributed by atoms with Crippen LogP contribution in [0.3, 0.4) is 0 Å². The summed E-state index contributed by atoms with van der Waals surface area (Å²) < 4.78 is 5.54. The summed E-state index contributed by atoms with van der Waals surface area (Å²) in [6.07, 6.45) is 3.34. The van der Waals surface area contributed by atoms with Crippen LogP contribution in [0.25, 0.3) is 0 Å². The van der Waals surface area contributed by atoms with Gasteiger partial charge in [-0.05, 0) is 38.0 Å². The second kappa shape index (κ2) is 5.95. The van der Waals surface area contributed by atoms with E-state index < -0.39 is 0 Å². The third kappa shape index (κ3) is 3.07. The van der Waals surface area contributed by atoms with E-state index in [0.717, 1.165) is 31.7 Å². The van der Waals surface area contributed by atoms with Crippen LogP contribution in [-0.2, 0) is 9.53 Å². The zero-order chi connectivity index (χ0) is 13.0. The van der Waals surface area contributed by atoms with E-state index in [-0.39, 0.29) is 11.9 Å². The number of H-pyrrole nitrogens is 1. The van der Waals surface area contributed by atoms with Crippen LogP contribution in [0.4, 0.5) is 5.82 Å². The average molecular weight is 267 g/mol. The van der Waals surface area contributed by atoms with Gasteiger partial charge in [0.15, 0.2) is 4.77 Å². The summed E-state index contributed by atoms with van der Waals surface area (Å²) in [5.74, 6) is 0.933. The first-order valence-corrected chi connectivity index (χ1v) is 6.58. The molecular formula is C12H17N3O2S. The molecule has 2 heterocycles. The van der Waals surface area contributed by atoms with Gasteiger partial charge in [-0.3, -0.25) is 4.79 Å². The number of hydrogen-bond donors (Lipinski definition) is 1. The Hall–Kier alpha value is -1.43. The number of nitrogens with zero attached hydrogens (tertiary/aromatic N) is 2. The predicted molar refractivity (Wildman–Crippen MR) is 71.0 cm³/mol. The van der Waals surface area contributed by atoms with Gasteiger partial charge in [-0.15, -0.1) is 0 Å². The summed E-state index contributed by atoms with van der Waals surface area (Å²) in [5, 5.41) is 0. The number of piperidine rings is 1. The van der Waals surface area contributed by atoms with Gasteiger partial charge in [0.2, 0.25) is 0 Å². The molecule has 6 heteroatoms. The van der Waals surface area contributed by atoms with Crippen molar-refractivity contribution in [3.63, 3.8) is 0 Å². The number of esters is 1. The Kier molecular flexibility index (Phi) is 4.30. The number of rotatable bonds is 3. The molecule has 1 aromatic heterocycles. The predicted octanol–water partition coefficient (Wildman–Crippen LogP) is 1.92. The topological polar surface area (TPSA) is 58.2 Å². The molecule has 0 spiro atoms. The van der Waals surface area contributed by atoms with Gasteiger partial charge in [-0.1, -0.05) is 0 Å². The minimum Gasteiger partial charge on any atom is -0.466 e. The minimum atomic E-state index is -0.0696. The van der Waals surface area contributed by atoms with Gasteiger partial charge in [-0.2, -0.15) is 0 Å². The molecule has 1 aliphatic rings. The normalized spacial score (nSPS) is 16.6. The number of hydrogen-bond acceptors (Lipinski definition) is 5. The Morgan fingerprint density at radius 3 is 2.94 bits per heavy atom. The molecular weight excluding hydrogens is 250 g/mol. The number of carbonyl (C=O) groups excluding carboxylic acids is 1. The van der Waals surface area contributed by atoms with E-state index in [9.17, 15) is 4.79 Å². The molecule has 0 bridgehead atoms. The first-order chi connectivity index (χ1) is 8.70. The number of anilines is 1. The summed E-state index contributed by atoms with van der Waals surface area (Å²) in [4.78, 5) is 20.8. The highest BCUT2D eigenvalue weighted by Gasteiger charge is 2.26. The molecule has 1 aromatic rings. The van der Waals surface area contributed by atoms with E-state index in [1.54, 1.807) is 6.20 Å². The second-order valence-corrected chi connectivity index (χ2v) is 4.66. The van der Waals surface area contributed by atoms with Gasteiger partial charge < -0.3 is 14.6 Å². The van der Waals surface area contributed by atoms with Crippen LogP contribution in [0.1, 0.15) is 19.8 Å². The Labute approximate surface area is 111 Å². The molecule has 1 fully saturated rings. The standard InChI is InChI=1S/C12H17N3O2S/c1-2-17-11(16)9-4-7-15(8-5-9)10-3-6-13-12(18)14-10/h3,6,9H,2,4-5,7-8H2,1H3,(H,13,14,18). The summed E-state index contributed by atoms with van der Waals surface area (Å²) >= 11 is 5.00. The molecule has 0 unspecified atom stereocenters. The smallest absolute Gasteiger partial charge is 0.309 e. The third-order valence-corrected chi connectivity index (χ3v) is 3.32. The maximum absolute atomic E-state index is 11.6. The summed E-state index contributed by atoms with van der Waals surface area (Å²) in [6.45, 7) is 3.96. The average Bonchev–Trinajstić information content (AvgIpc) is 2.39. The van der Waals surface area contributed by atoms with Crippen LogP contribution < -0.4 is 4.90 Å². The van der Waals surface area contributed by atoms with Crippen LogP contribution in [-0.4, -0.2) is 35.6 Å². The van der Waals surface area contributed by atoms with Gasteiger partial charge in [0.05, 0.1) is 12.5 Å². The Morgan fingerprint density at radius 1 is 1.61 bits per heavy atom. The van der Waals surface area contributed by atoms with Crippen LogP contribution >= 0.6 is 12.2 Å². The first-order valence-electron chi connectivity index (χ1n) is 6.17. The molecule has 1 aliphatic heterocycles. The highest BCUT2D eigenvalue weighted by Crippen LogP contribution is 2.22. The van der Waals surface area contributed by atoms with E-state index in [4.69, 9.17) is 17.0 Å². The number of nitrogens with one attached hydrogen (secondary N) is 1. The van der Waals surface area contributed by atoms with Crippen molar-refractivity contribution in [2.45, 2.75) is 19.8 Å². The molecule has 98 valence electrons. The zero-order valence-electron chi connectivity index (χ0n) is 10.4. The monoisotopic (exact) mass is 267 g/mol. The molecule has 0 atom stereocenters. The Bertz CT molecular complexity index is 466. The molecule has 2 rings (SSSR count). The second-order valence-electron chi connectivity index (χ2n) is 4.27. The van der Waals surface area contributed by atoms with Crippen molar-refractivity contribution in [1.82, 2.24) is 9.97 Å². The van der Waals surface area contributed by atoms with Crippen LogP contribution in [0.2, 0.25) is 0 Å². The maximum atomic E-state index is 11.6. The van der Waals surface area contributed by atoms with E-state index in [1.165, 1.54) is 0 Å². The third-order valence-electron chi connectivity index (χ3n) is 3.11. The minimum absolute atomic E-state index is 0.0333. The molecule has 1 N–H and O–H groups in total. The lowest BCUT2D eigenvalue weighted by atomic mass is 9.97. The summed E-state index contributed by atoms with van der Waals surface area (Å²) in [6, 6.07) is 1.90. The number of carbonyl (C=O) groups is 1. The van der Waals surface area contributed by atoms with E-state index in [2.05, 4.69) is 14.9 Å². The van der Waals surface area contributed by atoms with Gasteiger partial charge in [-0.25, -0.2) is 4.98 Å². The molecule has 0 aromatic carbocycles. The van der Waals surface area contributed by atoms with Crippen LogP contribution in [0.15, 0.2) is 12.3 Å². The van der Waals surface area contributed by atoms with Crippen LogP contribution in [0, 0.1) is 10.7 Å². The number of aromatic amines is 1. The van der Waals surface area contributed by atoms with Crippen molar-refractivity contribution >= 4 is 24.0 Å². The van der Waals surface area contributed by atoms with Crippen LogP contribution in [0.5, 0.6) is 0 Å². The largest absolute Gasteiger partial charge is 0.466 e. The van der Waals surface area contributed by atoms with E-state index in [1.807, 2.05) is 13.0 Å². The van der Waals surface area contributed by atoms with Gasteiger partial charge in [0.1, 0.15) is 5.82 Å². The van der Waals surface area contributed by atoms with Crippen molar-refractivity contribution in [3.05, 3.63) is 17.0 Å². The summed E-state index contributed by atoms with van der Waals surface area (Å²) in [7, 11) is 0. The van der Waals surface area contributed by atoms with Crippen molar-refractivity contribution in [1.29, 1.82) is 0 Å². The van der Waals surface area contributed by atoms with Crippen molar-refractivity contribution < 1.29 is 9.53 Å². The highest BCUT2D eigenvalue weighted by molar-refractivity contribution is 7.71. The molecule has 0 radical (unpaired) electrons. The molecule has 0 aliphatic carbocycles. The number of ether oxygens (including phenoxy) is 1. The van der Waals surface area contributed by atoms with Gasteiger partial charge >= 0.3 is 5.97 Å². The maximum Gasteiger partial charge on any atom is 0.309 e. The Balaban J connectivity index is 1.94. The van der Waals surface area contributed by atoms with E-state index in [0.29, 0.717) is 11.4 Å². The van der Waals surface area contributed by atoms with Crippen molar-refractivity contribution in [2.75, 3.05) is 24.6 Å². The molecule has 5 nitrogen and oxygen atoms in total. The lowest BCUT2D eigenvalue weighted by Gasteiger charge is -2.31. The highest BCUT2D eigenvalue weighted by atomic mass is 32.1. The van der Waals surface area contributed by atoms with Crippen molar-refractivity contribution in [3.8, 4) is 0 Å². The summed E-state index contributed by atoms with van der Waals surface area (Å²) in [5.41, 5.74) is 0. The lowest BCUT2D eigenvalue weighted by Crippen LogP contribution is -2.37. The fourth-order valence-corrected chi connectivity index (χ4v) is 2.33. The lowest BCUT2D eigenvalue weighted by molar-refractivity contribution is -0.148. The number of aromatic nitrogens is 2. The molecule has 18 heavy (non-hydrogen) atoms. The fraction of sp³-hybridized carbons (Fsp3) is 0.583. The Morgan fingerprint density at radius 2 is 2.33 bits per heavy atom. The molecule has 0 saturated carbocycles. The molecule has 1 saturated heterocycles.